The molecule has 0 radical (unpaired) electrons. The molecule has 3 heteroatoms. The number of likely N-dealkylation sites (tertiary alicyclic amines) is 1. The van der Waals surface area contributed by atoms with Crippen molar-refractivity contribution in [3.05, 3.63) is 0 Å². The molecule has 1 heterocycles. The highest BCUT2D eigenvalue weighted by Gasteiger charge is 2.27. The van der Waals surface area contributed by atoms with Crippen LogP contribution in [0.4, 0.5) is 0 Å². The van der Waals surface area contributed by atoms with Gasteiger partial charge in [0.1, 0.15) is 0 Å². The highest BCUT2D eigenvalue weighted by atomic mass is 15.3. The molecule has 3 unspecified atom stereocenters. The van der Waals surface area contributed by atoms with E-state index in [0.717, 1.165) is 43.3 Å². The van der Waals surface area contributed by atoms with Crippen molar-refractivity contribution in [3.8, 4) is 0 Å². The number of nitrogens with two attached hydrogens (primary N) is 1. The highest BCUT2D eigenvalue weighted by Crippen LogP contribution is 2.34. The molecule has 3 nitrogen and oxygen atoms in total. The fraction of sp³-hybridized carbons (Fsp3) is 0.923. The Morgan fingerprint density at radius 3 is 2.62 bits per heavy atom. The van der Waals surface area contributed by atoms with Crippen LogP contribution < -0.4 is 5.73 Å². The van der Waals surface area contributed by atoms with E-state index in [1.807, 2.05) is 0 Å². The second kappa shape index (κ2) is 5.07. The van der Waals surface area contributed by atoms with E-state index in [2.05, 4.69) is 23.7 Å². The van der Waals surface area contributed by atoms with Gasteiger partial charge in [0, 0.05) is 19.6 Å². The van der Waals surface area contributed by atoms with Gasteiger partial charge >= 0.3 is 0 Å². The van der Waals surface area contributed by atoms with Crippen LogP contribution in [-0.2, 0) is 0 Å². The molecule has 0 spiro atoms. The first-order valence-corrected chi connectivity index (χ1v) is 6.73. The van der Waals surface area contributed by atoms with Crippen LogP contribution >= 0.6 is 0 Å². The third-order valence-corrected chi connectivity index (χ3v) is 4.54. The normalized spacial score (nSPS) is 36.0. The molecule has 3 atom stereocenters. The molecule has 1 saturated heterocycles. The van der Waals surface area contributed by atoms with E-state index in [1.54, 1.807) is 0 Å². The maximum atomic E-state index is 5.95. The number of hydrogen-bond donors (Lipinski definition) is 1. The van der Waals surface area contributed by atoms with Crippen molar-refractivity contribution in [1.82, 2.24) is 4.90 Å². The third kappa shape index (κ3) is 2.50. The van der Waals surface area contributed by atoms with Gasteiger partial charge in [0.05, 0.1) is 0 Å². The lowest BCUT2D eigenvalue weighted by Crippen LogP contribution is -2.46. The Kier molecular flexibility index (Phi) is 3.72. The predicted molar refractivity (Wildman–Crippen MR) is 68.3 cm³/mol. The molecule has 92 valence electrons. The van der Waals surface area contributed by atoms with Crippen LogP contribution in [0.15, 0.2) is 4.99 Å². The summed E-state index contributed by atoms with van der Waals surface area (Å²) in [5.74, 6) is 3.20. The maximum Gasteiger partial charge on any atom is 0.191 e. The van der Waals surface area contributed by atoms with Crippen molar-refractivity contribution in [1.29, 1.82) is 0 Å². The molecule has 2 N–H and O–H groups in total. The summed E-state index contributed by atoms with van der Waals surface area (Å²) < 4.78 is 0. The maximum absolute atomic E-state index is 5.95. The smallest absolute Gasteiger partial charge is 0.191 e. The molecule has 1 saturated carbocycles. The van der Waals surface area contributed by atoms with Gasteiger partial charge in [-0.1, -0.05) is 26.7 Å². The summed E-state index contributed by atoms with van der Waals surface area (Å²) in [6, 6.07) is 0. The summed E-state index contributed by atoms with van der Waals surface area (Å²) in [6.45, 7) is 7.90. The summed E-state index contributed by atoms with van der Waals surface area (Å²) in [5.41, 5.74) is 5.95. The molecular weight excluding hydrogens is 198 g/mol. The molecule has 0 amide bonds. The summed E-state index contributed by atoms with van der Waals surface area (Å²) in [7, 11) is 0. The first-order valence-electron chi connectivity index (χ1n) is 6.73. The van der Waals surface area contributed by atoms with Crippen molar-refractivity contribution in [3.63, 3.8) is 0 Å². The van der Waals surface area contributed by atoms with Gasteiger partial charge < -0.3 is 10.6 Å². The highest BCUT2D eigenvalue weighted by molar-refractivity contribution is 5.78. The molecule has 2 fully saturated rings. The zero-order valence-corrected chi connectivity index (χ0v) is 10.7. The summed E-state index contributed by atoms with van der Waals surface area (Å²) >= 11 is 0. The van der Waals surface area contributed by atoms with Crippen LogP contribution in [0.25, 0.3) is 0 Å². The molecule has 2 rings (SSSR count). The van der Waals surface area contributed by atoms with Gasteiger partial charge in [0.25, 0.3) is 0 Å². The summed E-state index contributed by atoms with van der Waals surface area (Å²) in [4.78, 5) is 6.75. The minimum absolute atomic E-state index is 0.753. The van der Waals surface area contributed by atoms with Gasteiger partial charge in [-0.25, -0.2) is 0 Å². The number of nitrogens with zero attached hydrogens (tertiary/aromatic N) is 2. The molecule has 2 aliphatic rings. The molecule has 0 aromatic rings. The monoisotopic (exact) mass is 223 g/mol. The van der Waals surface area contributed by atoms with Gasteiger partial charge in [0.2, 0.25) is 0 Å². The van der Waals surface area contributed by atoms with E-state index in [0.29, 0.717) is 0 Å². The molecule has 0 aromatic carbocycles. The minimum atomic E-state index is 0.753. The summed E-state index contributed by atoms with van der Waals surface area (Å²) in [5, 5.41) is 0. The van der Waals surface area contributed by atoms with E-state index < -0.39 is 0 Å². The van der Waals surface area contributed by atoms with Gasteiger partial charge in [-0.15, -0.1) is 0 Å². The zero-order valence-electron chi connectivity index (χ0n) is 10.7. The van der Waals surface area contributed by atoms with Gasteiger partial charge in [-0.2, -0.15) is 0 Å². The van der Waals surface area contributed by atoms with Crippen molar-refractivity contribution in [2.75, 3.05) is 19.6 Å². The van der Waals surface area contributed by atoms with Crippen molar-refractivity contribution in [2.24, 2.45) is 28.5 Å². The number of aliphatic imine (C=N–C) groups is 1. The zero-order chi connectivity index (χ0) is 11.5. The summed E-state index contributed by atoms with van der Waals surface area (Å²) in [6.07, 6.45) is 5.37. The van der Waals surface area contributed by atoms with Crippen molar-refractivity contribution < 1.29 is 0 Å². The Bertz CT molecular complexity index is 258. The Hall–Kier alpha value is -0.730. The van der Waals surface area contributed by atoms with Crippen molar-refractivity contribution in [2.45, 2.75) is 39.5 Å². The van der Waals surface area contributed by atoms with Gasteiger partial charge in [-0.3, -0.25) is 4.99 Å². The molecular formula is C13H25N3. The van der Waals surface area contributed by atoms with Crippen molar-refractivity contribution >= 4 is 5.96 Å². The number of hydrogen-bond acceptors (Lipinski definition) is 1. The SMILES string of the molecule is CC1CCCC(CN=C(N)N2CCC2)C1C. The standard InChI is InChI=1S/C13H25N3/c1-10-5-3-6-12(11(10)2)9-15-13(14)16-7-4-8-16/h10-12H,3-9H2,1-2H3,(H2,14,15). The molecule has 1 aliphatic carbocycles. The number of rotatable bonds is 2. The molecule has 0 bridgehead atoms. The van der Waals surface area contributed by atoms with Gasteiger partial charge in [-0.05, 0) is 30.6 Å². The van der Waals surface area contributed by atoms with E-state index in [1.165, 1.54) is 25.7 Å². The third-order valence-electron chi connectivity index (χ3n) is 4.54. The molecule has 16 heavy (non-hydrogen) atoms. The minimum Gasteiger partial charge on any atom is -0.370 e. The fourth-order valence-electron chi connectivity index (χ4n) is 2.81. The largest absolute Gasteiger partial charge is 0.370 e. The predicted octanol–water partition coefficient (Wildman–Crippen LogP) is 2.08. The van der Waals surface area contributed by atoms with Crippen LogP contribution in [0, 0.1) is 17.8 Å². The average molecular weight is 223 g/mol. The van der Waals surface area contributed by atoms with Crippen LogP contribution in [0.5, 0.6) is 0 Å². The lowest BCUT2D eigenvalue weighted by atomic mass is 9.74. The Labute approximate surface area is 99.1 Å². The number of guanidine groups is 1. The van der Waals surface area contributed by atoms with E-state index >= 15 is 0 Å². The topological polar surface area (TPSA) is 41.6 Å². The Morgan fingerprint density at radius 1 is 1.25 bits per heavy atom. The van der Waals surface area contributed by atoms with Crippen LogP contribution in [0.1, 0.15) is 39.5 Å². The lowest BCUT2D eigenvalue weighted by molar-refractivity contribution is 0.187. The first-order chi connectivity index (χ1) is 7.68. The van der Waals surface area contributed by atoms with Crippen LogP contribution in [0.3, 0.4) is 0 Å². The average Bonchev–Trinajstić information content (AvgIpc) is 2.18. The van der Waals surface area contributed by atoms with Crippen LogP contribution in [0.2, 0.25) is 0 Å². The van der Waals surface area contributed by atoms with E-state index in [-0.39, 0.29) is 0 Å². The first kappa shape index (κ1) is 11.7. The van der Waals surface area contributed by atoms with E-state index in [9.17, 15) is 0 Å². The quantitative estimate of drug-likeness (QED) is 0.575. The second-order valence-electron chi connectivity index (χ2n) is 5.57. The van der Waals surface area contributed by atoms with E-state index in [4.69, 9.17) is 5.73 Å². The fourth-order valence-corrected chi connectivity index (χ4v) is 2.81. The molecule has 1 aliphatic heterocycles. The lowest BCUT2D eigenvalue weighted by Gasteiger charge is -2.35. The Balaban J connectivity index is 1.83. The van der Waals surface area contributed by atoms with Crippen LogP contribution in [-0.4, -0.2) is 30.5 Å². The van der Waals surface area contributed by atoms with Gasteiger partial charge in [0.15, 0.2) is 5.96 Å². The second-order valence-corrected chi connectivity index (χ2v) is 5.57. The Morgan fingerprint density at radius 2 is 2.00 bits per heavy atom. The molecule has 0 aromatic heterocycles.